The Labute approximate surface area is 329 Å². The minimum atomic E-state index is -6.24. The van der Waals surface area contributed by atoms with Crippen molar-refractivity contribution in [2.75, 3.05) is 0 Å². The predicted molar refractivity (Wildman–Crippen MR) is 195 cm³/mol. The molecule has 2 aliphatic heterocycles. The normalized spacial score (nSPS) is 13.0. The van der Waals surface area contributed by atoms with Crippen molar-refractivity contribution in [3.63, 3.8) is 0 Å². The van der Waals surface area contributed by atoms with Crippen LogP contribution in [-0.4, -0.2) is 91.8 Å². The molecule has 7 aromatic rings. The van der Waals surface area contributed by atoms with Gasteiger partial charge in [-0.3, -0.25) is 18.2 Å². The Kier molecular flexibility index (Phi) is 8.52. The van der Waals surface area contributed by atoms with Crippen LogP contribution in [0.3, 0.4) is 0 Å². The number of fused-ring (bicyclic) bond motifs is 20. The van der Waals surface area contributed by atoms with Crippen LogP contribution in [0.1, 0.15) is 0 Å². The quantitative estimate of drug-likeness (QED) is 0.137. The summed E-state index contributed by atoms with van der Waals surface area (Å²) in [6, 6.07) is 19.9. The number of hydrogen-bond donors (Lipinski definition) is 6. The molecule has 2 aliphatic rings. The summed E-state index contributed by atoms with van der Waals surface area (Å²) in [4.78, 5) is 24.5. The predicted octanol–water partition coefficient (Wildman–Crippen LogP) is 3.85. The molecule has 289 valence electrons. The number of H-pyrrole nitrogens is 2. The third-order valence-corrected chi connectivity index (χ3v) is 12.9. The topological polar surface area (TPSA) is 326 Å². The van der Waals surface area contributed by atoms with Crippen LogP contribution in [0.2, 0.25) is 0 Å². The van der Waals surface area contributed by atoms with E-state index in [1.165, 1.54) is 12.1 Å². The smallest absolute Gasteiger partial charge is 0.324 e. The molecular weight excluding hydrogens is 876 g/mol. The fourth-order valence-corrected chi connectivity index (χ4v) is 11.7. The molecule has 57 heavy (non-hydrogen) atoms. The summed E-state index contributed by atoms with van der Waals surface area (Å²) < 4.78 is 146. The van der Waals surface area contributed by atoms with E-state index in [1.807, 2.05) is 0 Å². The van der Waals surface area contributed by atoms with Crippen molar-refractivity contribution in [3.05, 3.63) is 72.8 Å². The maximum Gasteiger partial charge on any atom is 2.00 e. The van der Waals surface area contributed by atoms with Crippen LogP contribution in [0.25, 0.3) is 89.7 Å². The molecule has 0 fully saturated rings. The first kappa shape index (κ1) is 38.3. The summed E-state index contributed by atoms with van der Waals surface area (Å²) in [5.74, 6) is -0.428. The third kappa shape index (κ3) is 6.07. The van der Waals surface area contributed by atoms with Gasteiger partial charge in [0, 0.05) is 33.0 Å². The molecule has 0 saturated heterocycles. The maximum atomic E-state index is 13.2. The molecule has 1 radical (unpaired) electrons. The average molecular weight is 894 g/mol. The monoisotopic (exact) mass is 893 g/mol. The van der Waals surface area contributed by atoms with Gasteiger partial charge < -0.3 is 9.97 Å². The number of nitrogens with one attached hydrogen (secondary N) is 2. The van der Waals surface area contributed by atoms with E-state index in [2.05, 4.69) is 29.9 Å². The SMILES string of the molecule is O=S(=O)(O)c1c(S(=O)(=O)O)c(S(=O)(=O)O)c2c3nc4nc(nc5[nH]c(nc6nc(nc([nH]3)c2c1S(=O)(=O)O)-c1ccccc1-6)c1ccccc51)-c1ccccc1-4.[Co+2]. The molecule has 4 aromatic carbocycles. The molecule has 0 aliphatic carbocycles. The summed E-state index contributed by atoms with van der Waals surface area (Å²) >= 11 is 0. The van der Waals surface area contributed by atoms with Crippen molar-refractivity contribution in [1.82, 2.24) is 39.9 Å². The van der Waals surface area contributed by atoms with Crippen molar-refractivity contribution in [3.8, 4) is 45.6 Å². The van der Waals surface area contributed by atoms with E-state index in [1.54, 1.807) is 60.7 Å². The van der Waals surface area contributed by atoms with E-state index in [-0.39, 0.29) is 51.2 Å². The minimum Gasteiger partial charge on any atom is -0.324 e. The summed E-state index contributed by atoms with van der Waals surface area (Å²) in [5, 5.41) is -1.17. The molecule has 0 spiro atoms. The van der Waals surface area contributed by atoms with Crippen LogP contribution in [0, 0.1) is 0 Å². The molecular formula is C32H18CoN8O12S4+2. The molecule has 0 atom stereocenters. The number of benzene rings is 4. The Morgan fingerprint density at radius 2 is 0.632 bits per heavy atom. The minimum absolute atomic E-state index is 0. The van der Waals surface area contributed by atoms with Crippen molar-refractivity contribution < 1.29 is 68.7 Å². The maximum absolute atomic E-state index is 13.2. The molecule has 20 nitrogen and oxygen atoms in total. The number of nitrogens with zero attached hydrogens (tertiary/aromatic N) is 6. The molecule has 8 bridgehead atoms. The average Bonchev–Trinajstić information content (AvgIpc) is 3.84. The molecule has 6 N–H and O–H groups in total. The van der Waals surface area contributed by atoms with Gasteiger partial charge in [0.2, 0.25) is 0 Å². The van der Waals surface area contributed by atoms with E-state index < -0.39 is 82.1 Å². The van der Waals surface area contributed by atoms with Crippen LogP contribution in [0.5, 0.6) is 0 Å². The van der Waals surface area contributed by atoms with Crippen LogP contribution in [0.15, 0.2) is 92.4 Å². The van der Waals surface area contributed by atoms with Crippen LogP contribution < -0.4 is 0 Å². The Morgan fingerprint density at radius 1 is 0.368 bits per heavy atom. The van der Waals surface area contributed by atoms with E-state index in [4.69, 9.17) is 9.97 Å². The first-order valence-corrected chi connectivity index (χ1v) is 21.3. The summed E-state index contributed by atoms with van der Waals surface area (Å²) in [5.41, 5.74) is 0.187. The Morgan fingerprint density at radius 3 is 0.930 bits per heavy atom. The van der Waals surface area contributed by atoms with E-state index >= 15 is 0 Å². The Bertz CT molecular complexity index is 3380. The van der Waals surface area contributed by atoms with Crippen LogP contribution in [-0.2, 0) is 57.3 Å². The fourth-order valence-electron chi connectivity index (χ4n) is 6.75. The second-order valence-electron chi connectivity index (χ2n) is 12.2. The van der Waals surface area contributed by atoms with E-state index in [9.17, 15) is 51.9 Å². The van der Waals surface area contributed by atoms with Gasteiger partial charge >= 0.3 is 16.8 Å². The Balaban J connectivity index is 0.00000455. The van der Waals surface area contributed by atoms with Gasteiger partial charge in [-0.15, -0.1) is 0 Å². The first-order valence-electron chi connectivity index (χ1n) is 15.5. The largest absolute Gasteiger partial charge is 2.00 e. The third-order valence-electron chi connectivity index (χ3n) is 8.85. The van der Waals surface area contributed by atoms with E-state index in [0.717, 1.165) is 0 Å². The number of rotatable bonds is 4. The molecule has 25 heteroatoms. The second kappa shape index (κ2) is 12.7. The number of aromatic nitrogens is 8. The molecule has 0 unspecified atom stereocenters. The number of aromatic amines is 2. The van der Waals surface area contributed by atoms with Gasteiger partial charge in [-0.2, -0.15) is 33.7 Å². The van der Waals surface area contributed by atoms with Crippen LogP contribution >= 0.6 is 0 Å². The van der Waals surface area contributed by atoms with E-state index in [0.29, 0.717) is 33.2 Å². The van der Waals surface area contributed by atoms with Crippen molar-refractivity contribution in [2.24, 2.45) is 0 Å². The van der Waals surface area contributed by atoms with Crippen molar-refractivity contribution >= 4 is 84.6 Å². The molecule has 0 saturated carbocycles. The zero-order valence-corrected chi connectivity index (χ0v) is 31.9. The van der Waals surface area contributed by atoms with Gasteiger partial charge in [0.05, 0.1) is 10.8 Å². The molecule has 9 rings (SSSR count). The second-order valence-corrected chi connectivity index (χ2v) is 17.6. The Hall–Kier alpha value is -5.61. The summed E-state index contributed by atoms with van der Waals surface area (Å²) in [6.45, 7) is 0. The van der Waals surface area contributed by atoms with Gasteiger partial charge in [0.1, 0.15) is 42.2 Å². The van der Waals surface area contributed by atoms with Gasteiger partial charge in [0.25, 0.3) is 40.5 Å². The van der Waals surface area contributed by atoms with Gasteiger partial charge in [-0.05, 0) is 0 Å². The zero-order chi connectivity index (χ0) is 39.7. The summed E-state index contributed by atoms with van der Waals surface area (Å²) in [7, 11) is -24.6. The van der Waals surface area contributed by atoms with Crippen molar-refractivity contribution in [2.45, 2.75) is 19.6 Å². The molecule has 3 aromatic heterocycles. The summed E-state index contributed by atoms with van der Waals surface area (Å²) in [6.07, 6.45) is 0. The first-order chi connectivity index (χ1) is 26.3. The zero-order valence-electron chi connectivity index (χ0n) is 27.6. The van der Waals surface area contributed by atoms with Gasteiger partial charge in [-0.1, -0.05) is 72.8 Å². The molecule has 0 amide bonds. The fraction of sp³-hybridized carbons (Fsp3) is 0. The van der Waals surface area contributed by atoms with Gasteiger partial charge in [-0.25, -0.2) is 29.9 Å². The molecule has 5 heterocycles. The van der Waals surface area contributed by atoms with Crippen LogP contribution in [0.4, 0.5) is 0 Å². The van der Waals surface area contributed by atoms with Crippen molar-refractivity contribution in [1.29, 1.82) is 0 Å². The standard InChI is InChI=1S/C32H18N8O12S4.Co/c41-53(42,43)21-19-20(22(54(44,45)46)24(56(50,51)52)23(21)55(47,48)49)32-39-30-18-12-6-4-10-16(18)28(37-30)35-26-14-8-2-1-7-13(14)25(33-26)34-27-15-9-3-5-11-17(15)29(36-27)38-31(19)40-32;/h1-12H,(H,41,42,43)(H,44,45,46)(H,47,48,49)(H,50,51,52)(H2,33,34,35,36,37,38,39,40);/q;+2. The van der Waals surface area contributed by atoms with Gasteiger partial charge in [0.15, 0.2) is 23.3 Å². The number of hydrogen-bond acceptors (Lipinski definition) is 14.